The van der Waals surface area contributed by atoms with Crippen molar-refractivity contribution in [3.63, 3.8) is 0 Å². The summed E-state index contributed by atoms with van der Waals surface area (Å²) in [6.45, 7) is 2.05. The Morgan fingerprint density at radius 2 is 2.05 bits per heavy atom. The maximum Gasteiger partial charge on any atom is 0.232 e. The van der Waals surface area contributed by atoms with Crippen molar-refractivity contribution >= 4 is 33.5 Å². The van der Waals surface area contributed by atoms with Crippen molar-refractivity contribution in [1.82, 2.24) is 9.97 Å². The average Bonchev–Trinajstić information content (AvgIpc) is 2.47. The summed E-state index contributed by atoms with van der Waals surface area (Å²) in [6.07, 6.45) is 1.68. The molecule has 1 aromatic carbocycles. The molecule has 0 amide bonds. The van der Waals surface area contributed by atoms with Gasteiger partial charge in [-0.1, -0.05) is 29.8 Å². The van der Waals surface area contributed by atoms with Gasteiger partial charge in [-0.05, 0) is 34.5 Å². The molecule has 1 unspecified atom stereocenters. The van der Waals surface area contributed by atoms with Crippen LogP contribution < -0.4 is 9.64 Å². The smallest absolute Gasteiger partial charge is 0.232 e. The minimum atomic E-state index is 0.0505. The van der Waals surface area contributed by atoms with Crippen LogP contribution in [0, 0.1) is 0 Å². The van der Waals surface area contributed by atoms with Crippen molar-refractivity contribution in [2.24, 2.45) is 0 Å². The van der Waals surface area contributed by atoms with Gasteiger partial charge < -0.3 is 9.64 Å². The Hall–Kier alpha value is -1.33. The van der Waals surface area contributed by atoms with Gasteiger partial charge in [0.25, 0.3) is 0 Å². The third-order valence-corrected chi connectivity index (χ3v) is 4.03. The highest BCUT2D eigenvalue weighted by molar-refractivity contribution is 9.10. The lowest BCUT2D eigenvalue weighted by Gasteiger charge is -2.26. The molecule has 1 heterocycles. The van der Waals surface area contributed by atoms with Crippen LogP contribution in [0.25, 0.3) is 0 Å². The van der Waals surface area contributed by atoms with Crippen molar-refractivity contribution in [3.8, 4) is 5.88 Å². The van der Waals surface area contributed by atoms with Crippen LogP contribution >= 0.6 is 27.5 Å². The maximum atomic E-state index is 6.23. The molecule has 2 rings (SSSR count). The van der Waals surface area contributed by atoms with Gasteiger partial charge in [0, 0.05) is 12.1 Å². The molecule has 0 radical (unpaired) electrons. The normalized spacial score (nSPS) is 12.1. The van der Waals surface area contributed by atoms with E-state index in [1.807, 2.05) is 36.2 Å². The average molecular weight is 357 g/mol. The van der Waals surface area contributed by atoms with Crippen molar-refractivity contribution in [3.05, 3.63) is 45.5 Å². The fourth-order valence-electron chi connectivity index (χ4n) is 1.85. The monoisotopic (exact) mass is 355 g/mol. The zero-order chi connectivity index (χ0) is 14.7. The summed E-state index contributed by atoms with van der Waals surface area (Å²) in [7, 11) is 3.50. The molecule has 2 aromatic rings. The van der Waals surface area contributed by atoms with E-state index in [0.29, 0.717) is 11.8 Å². The SMILES string of the molecule is COc1nc(N(C)C(C)c2ccccc2Cl)ncc1Br. The summed E-state index contributed by atoms with van der Waals surface area (Å²) in [5.41, 5.74) is 1.03. The Balaban J connectivity index is 2.31. The highest BCUT2D eigenvalue weighted by Crippen LogP contribution is 2.30. The standard InChI is InChI=1S/C14H15BrClN3O/c1-9(10-6-4-5-7-12(10)16)19(2)14-17-8-11(15)13(18-14)20-3/h4-9H,1-3H3. The van der Waals surface area contributed by atoms with Gasteiger partial charge in [-0.2, -0.15) is 4.98 Å². The first-order valence-electron chi connectivity index (χ1n) is 6.08. The Morgan fingerprint density at radius 3 is 2.70 bits per heavy atom. The van der Waals surface area contributed by atoms with E-state index in [4.69, 9.17) is 16.3 Å². The highest BCUT2D eigenvalue weighted by Gasteiger charge is 2.18. The van der Waals surface area contributed by atoms with Crippen LogP contribution in [0.3, 0.4) is 0 Å². The summed E-state index contributed by atoms with van der Waals surface area (Å²) in [4.78, 5) is 10.6. The van der Waals surface area contributed by atoms with Crippen molar-refractivity contribution in [1.29, 1.82) is 0 Å². The first kappa shape index (κ1) is 15.1. The number of rotatable bonds is 4. The number of nitrogens with zero attached hydrogens (tertiary/aromatic N) is 3. The Morgan fingerprint density at radius 1 is 1.35 bits per heavy atom. The molecule has 0 aliphatic rings. The quantitative estimate of drug-likeness (QED) is 0.827. The van der Waals surface area contributed by atoms with E-state index in [9.17, 15) is 0 Å². The molecule has 6 heteroatoms. The van der Waals surface area contributed by atoms with E-state index in [-0.39, 0.29) is 6.04 Å². The molecular weight excluding hydrogens is 342 g/mol. The number of ether oxygens (including phenoxy) is 1. The third kappa shape index (κ3) is 3.04. The zero-order valence-electron chi connectivity index (χ0n) is 11.5. The number of hydrogen-bond donors (Lipinski definition) is 0. The highest BCUT2D eigenvalue weighted by atomic mass is 79.9. The second kappa shape index (κ2) is 6.41. The molecule has 106 valence electrons. The molecule has 0 fully saturated rings. The van der Waals surface area contributed by atoms with E-state index in [2.05, 4.69) is 32.8 Å². The molecule has 20 heavy (non-hydrogen) atoms. The predicted molar refractivity (Wildman–Crippen MR) is 84.6 cm³/mol. The number of aromatic nitrogens is 2. The van der Waals surface area contributed by atoms with Gasteiger partial charge in [0.1, 0.15) is 0 Å². The largest absolute Gasteiger partial charge is 0.480 e. The fraction of sp³-hybridized carbons (Fsp3) is 0.286. The Kier molecular flexibility index (Phi) is 4.83. The molecular formula is C14H15BrClN3O. The van der Waals surface area contributed by atoms with Crippen LogP contribution in [-0.4, -0.2) is 24.1 Å². The predicted octanol–water partition coefficient (Wildman–Crippen LogP) is 4.10. The van der Waals surface area contributed by atoms with Crippen molar-refractivity contribution in [2.75, 3.05) is 19.1 Å². The van der Waals surface area contributed by atoms with Crippen LogP contribution in [0.15, 0.2) is 34.9 Å². The van der Waals surface area contributed by atoms with E-state index in [1.54, 1.807) is 13.3 Å². The second-order valence-corrected chi connectivity index (χ2v) is 5.60. The summed E-state index contributed by atoms with van der Waals surface area (Å²) < 4.78 is 5.92. The Bertz CT molecular complexity index is 609. The second-order valence-electron chi connectivity index (χ2n) is 4.34. The lowest BCUT2D eigenvalue weighted by Crippen LogP contribution is -2.24. The minimum absolute atomic E-state index is 0.0505. The molecule has 0 spiro atoms. The third-order valence-electron chi connectivity index (χ3n) is 3.14. The van der Waals surface area contributed by atoms with Crippen LogP contribution in [0.5, 0.6) is 5.88 Å². The van der Waals surface area contributed by atoms with E-state index < -0.39 is 0 Å². The topological polar surface area (TPSA) is 38.2 Å². The molecule has 0 N–H and O–H groups in total. The lowest BCUT2D eigenvalue weighted by atomic mass is 10.1. The first-order valence-corrected chi connectivity index (χ1v) is 7.25. The van der Waals surface area contributed by atoms with Gasteiger partial charge in [0.15, 0.2) is 0 Å². The molecule has 1 atom stereocenters. The number of halogens is 2. The summed E-state index contributed by atoms with van der Waals surface area (Å²) in [5, 5.41) is 0.732. The van der Waals surface area contributed by atoms with E-state index >= 15 is 0 Å². The summed E-state index contributed by atoms with van der Waals surface area (Å²) >= 11 is 9.58. The van der Waals surface area contributed by atoms with Crippen LogP contribution in [-0.2, 0) is 0 Å². The van der Waals surface area contributed by atoms with Gasteiger partial charge in [-0.15, -0.1) is 0 Å². The summed E-state index contributed by atoms with van der Waals surface area (Å²) in [5.74, 6) is 1.09. The van der Waals surface area contributed by atoms with Crippen molar-refractivity contribution in [2.45, 2.75) is 13.0 Å². The summed E-state index contributed by atoms with van der Waals surface area (Å²) in [6, 6.07) is 7.81. The molecule has 0 aliphatic heterocycles. The molecule has 0 saturated carbocycles. The number of hydrogen-bond acceptors (Lipinski definition) is 4. The minimum Gasteiger partial charge on any atom is -0.480 e. The zero-order valence-corrected chi connectivity index (χ0v) is 13.8. The molecule has 0 bridgehead atoms. The van der Waals surface area contributed by atoms with Crippen LogP contribution in [0.2, 0.25) is 5.02 Å². The molecule has 4 nitrogen and oxygen atoms in total. The lowest BCUT2D eigenvalue weighted by molar-refractivity contribution is 0.393. The van der Waals surface area contributed by atoms with E-state index in [1.165, 1.54) is 0 Å². The van der Waals surface area contributed by atoms with Crippen molar-refractivity contribution < 1.29 is 4.74 Å². The van der Waals surface area contributed by atoms with Gasteiger partial charge in [-0.25, -0.2) is 4.98 Å². The maximum absolute atomic E-state index is 6.23. The molecule has 0 aliphatic carbocycles. The van der Waals surface area contributed by atoms with Gasteiger partial charge in [-0.3, -0.25) is 0 Å². The molecule has 1 aromatic heterocycles. The Labute approximate surface area is 131 Å². The van der Waals surface area contributed by atoms with Gasteiger partial charge in [0.2, 0.25) is 11.8 Å². The van der Waals surface area contributed by atoms with Crippen LogP contribution in [0.4, 0.5) is 5.95 Å². The number of anilines is 1. The number of benzene rings is 1. The van der Waals surface area contributed by atoms with E-state index in [0.717, 1.165) is 15.1 Å². The molecule has 0 saturated heterocycles. The first-order chi connectivity index (χ1) is 9.54. The van der Waals surface area contributed by atoms with Crippen LogP contribution in [0.1, 0.15) is 18.5 Å². The van der Waals surface area contributed by atoms with Gasteiger partial charge in [0.05, 0.1) is 23.8 Å². The fourth-order valence-corrected chi connectivity index (χ4v) is 2.50. The van der Waals surface area contributed by atoms with Gasteiger partial charge >= 0.3 is 0 Å². The number of methoxy groups -OCH3 is 1.